The number of rotatable bonds is 5. The van der Waals surface area contributed by atoms with E-state index in [1.807, 2.05) is 11.5 Å². The van der Waals surface area contributed by atoms with Gasteiger partial charge in [-0.3, -0.25) is 19.5 Å². The molecule has 0 atom stereocenters. The number of benzene rings is 1. The van der Waals surface area contributed by atoms with Gasteiger partial charge in [-0.2, -0.15) is 0 Å². The Kier molecular flexibility index (Phi) is 5.34. The first-order valence-corrected chi connectivity index (χ1v) is 9.14. The number of hydrogen-bond donors (Lipinski definition) is 2. The van der Waals surface area contributed by atoms with Gasteiger partial charge in [0.05, 0.1) is 29.7 Å². The van der Waals surface area contributed by atoms with Crippen LogP contribution in [-0.4, -0.2) is 25.6 Å². The summed E-state index contributed by atoms with van der Waals surface area (Å²) in [4.78, 5) is 15.5. The van der Waals surface area contributed by atoms with Crippen LogP contribution in [0.1, 0.15) is 16.1 Å². The second-order valence-corrected chi connectivity index (χ2v) is 7.58. The summed E-state index contributed by atoms with van der Waals surface area (Å²) in [6.45, 7) is 0.0554. The average Bonchev–Trinajstić information content (AvgIpc) is 2.51. The topological polar surface area (TPSA) is 105 Å². The van der Waals surface area contributed by atoms with Gasteiger partial charge in [0.15, 0.2) is 0 Å². The van der Waals surface area contributed by atoms with E-state index in [0.717, 1.165) is 10.7 Å². The highest BCUT2D eigenvalue weighted by atomic mass is 79.9. The Bertz CT molecular complexity index is 809. The largest absolute Gasteiger partial charge is 0.290 e. The minimum absolute atomic E-state index is 0.0554. The monoisotopic (exact) mass is 398 g/mol. The first-order valence-electron chi connectivity index (χ1n) is 6.50. The molecule has 3 N–H and O–H groups in total. The number of sulfonamides is 1. The molecule has 0 spiro atoms. The van der Waals surface area contributed by atoms with Crippen LogP contribution in [0.5, 0.6) is 0 Å². The minimum Gasteiger partial charge on any atom is -0.290 e. The lowest BCUT2D eigenvalue weighted by atomic mass is 10.2. The smallest absolute Gasteiger partial charge is 0.266 e. The molecule has 0 unspecified atom stereocenters. The molecule has 0 aliphatic rings. The van der Waals surface area contributed by atoms with Crippen LogP contribution in [0.15, 0.2) is 47.1 Å². The van der Waals surface area contributed by atoms with Crippen molar-refractivity contribution < 1.29 is 13.2 Å². The Balaban J connectivity index is 2.31. The number of nitrogen functional groups attached to an aromatic ring is 1. The van der Waals surface area contributed by atoms with Crippen LogP contribution in [0.2, 0.25) is 0 Å². The van der Waals surface area contributed by atoms with Crippen molar-refractivity contribution >= 4 is 37.5 Å². The molecule has 1 amide bonds. The summed E-state index contributed by atoms with van der Waals surface area (Å²) in [5.74, 6) is 4.59. The van der Waals surface area contributed by atoms with Gasteiger partial charge in [-0.25, -0.2) is 14.3 Å². The van der Waals surface area contributed by atoms with Gasteiger partial charge in [0.1, 0.15) is 0 Å². The van der Waals surface area contributed by atoms with Crippen LogP contribution >= 0.6 is 15.9 Å². The predicted molar refractivity (Wildman–Crippen MR) is 91.1 cm³/mol. The molecule has 0 radical (unpaired) electrons. The maximum Gasteiger partial charge on any atom is 0.266 e. The molecule has 122 valence electrons. The average molecular weight is 399 g/mol. The van der Waals surface area contributed by atoms with Gasteiger partial charge in [-0.1, -0.05) is 22.0 Å². The summed E-state index contributed by atoms with van der Waals surface area (Å²) in [5, 5.41) is 0. The van der Waals surface area contributed by atoms with E-state index in [1.54, 1.807) is 24.3 Å². The molecule has 0 fully saturated rings. The van der Waals surface area contributed by atoms with E-state index in [-0.39, 0.29) is 6.54 Å². The number of anilines is 1. The van der Waals surface area contributed by atoms with Crippen LogP contribution in [0.25, 0.3) is 0 Å². The number of hydrazine groups is 1. The van der Waals surface area contributed by atoms with Crippen LogP contribution in [0.4, 0.5) is 5.69 Å². The summed E-state index contributed by atoms with van der Waals surface area (Å²) in [5.41, 5.74) is 3.33. The van der Waals surface area contributed by atoms with Crippen molar-refractivity contribution in [2.24, 2.45) is 5.84 Å². The van der Waals surface area contributed by atoms with E-state index in [4.69, 9.17) is 5.84 Å². The maximum atomic E-state index is 12.1. The SMILES string of the molecule is CS(=O)(=O)N(Cc1ccc(C(=O)NN)cn1)c1cccc(Br)c1. The number of amides is 1. The van der Waals surface area contributed by atoms with E-state index < -0.39 is 15.9 Å². The van der Waals surface area contributed by atoms with Crippen molar-refractivity contribution in [3.63, 3.8) is 0 Å². The van der Waals surface area contributed by atoms with Crippen molar-refractivity contribution in [1.29, 1.82) is 0 Å². The molecule has 1 heterocycles. The number of aromatic nitrogens is 1. The van der Waals surface area contributed by atoms with Crippen molar-refractivity contribution in [3.8, 4) is 0 Å². The molecule has 23 heavy (non-hydrogen) atoms. The number of carbonyl (C=O) groups excluding carboxylic acids is 1. The van der Waals surface area contributed by atoms with Crippen molar-refractivity contribution in [2.75, 3.05) is 10.6 Å². The summed E-state index contributed by atoms with van der Waals surface area (Å²) in [6.07, 6.45) is 2.48. The molecule has 9 heteroatoms. The molecule has 0 saturated heterocycles. The minimum atomic E-state index is -3.49. The lowest BCUT2D eigenvalue weighted by Crippen LogP contribution is -2.31. The first kappa shape index (κ1) is 17.4. The van der Waals surface area contributed by atoms with Gasteiger partial charge in [0.2, 0.25) is 10.0 Å². The molecule has 0 bridgehead atoms. The van der Waals surface area contributed by atoms with Crippen molar-refractivity contribution in [3.05, 3.63) is 58.3 Å². The lowest BCUT2D eigenvalue weighted by molar-refractivity contribution is 0.0953. The fourth-order valence-electron chi connectivity index (χ4n) is 1.91. The van der Waals surface area contributed by atoms with Gasteiger partial charge in [0, 0.05) is 10.7 Å². The highest BCUT2D eigenvalue weighted by molar-refractivity contribution is 9.10. The Hall–Kier alpha value is -1.97. The second-order valence-electron chi connectivity index (χ2n) is 4.76. The number of hydrogen-bond acceptors (Lipinski definition) is 5. The molecule has 0 saturated carbocycles. The van der Waals surface area contributed by atoms with E-state index in [9.17, 15) is 13.2 Å². The quantitative estimate of drug-likeness (QED) is 0.449. The zero-order chi connectivity index (χ0) is 17.0. The van der Waals surface area contributed by atoms with E-state index in [1.165, 1.54) is 16.6 Å². The molecule has 0 aliphatic carbocycles. The zero-order valence-corrected chi connectivity index (χ0v) is 14.6. The fourth-order valence-corrected chi connectivity index (χ4v) is 3.16. The highest BCUT2D eigenvalue weighted by Gasteiger charge is 2.19. The molecule has 0 aliphatic heterocycles. The predicted octanol–water partition coefficient (Wildman–Crippen LogP) is 1.41. The van der Waals surface area contributed by atoms with Gasteiger partial charge in [-0.05, 0) is 30.3 Å². The number of nitrogens with two attached hydrogens (primary N) is 1. The maximum absolute atomic E-state index is 12.1. The molecule has 1 aromatic carbocycles. The van der Waals surface area contributed by atoms with Crippen LogP contribution in [-0.2, 0) is 16.6 Å². The molecule has 2 rings (SSSR count). The third kappa shape index (κ3) is 4.50. The second kappa shape index (κ2) is 7.07. The number of halogens is 1. The highest BCUT2D eigenvalue weighted by Crippen LogP contribution is 2.23. The van der Waals surface area contributed by atoms with Crippen LogP contribution in [0.3, 0.4) is 0 Å². The number of nitrogens with zero attached hydrogens (tertiary/aromatic N) is 2. The molecule has 1 aromatic heterocycles. The number of pyridine rings is 1. The summed E-state index contributed by atoms with van der Waals surface area (Å²) >= 11 is 3.32. The Labute approximate surface area is 142 Å². The number of carbonyl (C=O) groups is 1. The standard InChI is InChI=1S/C14H15BrN4O3S/c1-23(21,22)19(13-4-2-3-11(15)7-13)9-12-6-5-10(8-17-12)14(20)18-16/h2-8H,9,16H2,1H3,(H,18,20). The number of nitrogens with one attached hydrogen (secondary N) is 1. The Morgan fingerprint density at radius 1 is 1.35 bits per heavy atom. The third-order valence-electron chi connectivity index (χ3n) is 3.02. The van der Waals surface area contributed by atoms with E-state index in [0.29, 0.717) is 16.9 Å². The van der Waals surface area contributed by atoms with Gasteiger partial charge >= 0.3 is 0 Å². The summed E-state index contributed by atoms with van der Waals surface area (Å²) < 4.78 is 26.2. The van der Waals surface area contributed by atoms with Crippen molar-refractivity contribution in [1.82, 2.24) is 10.4 Å². The van der Waals surface area contributed by atoms with Crippen LogP contribution < -0.4 is 15.6 Å². The lowest BCUT2D eigenvalue weighted by Gasteiger charge is -2.22. The van der Waals surface area contributed by atoms with Crippen LogP contribution in [0, 0.1) is 0 Å². The molecule has 7 nitrogen and oxygen atoms in total. The van der Waals surface area contributed by atoms with E-state index in [2.05, 4.69) is 20.9 Å². The Morgan fingerprint density at radius 2 is 2.09 bits per heavy atom. The summed E-state index contributed by atoms with van der Waals surface area (Å²) in [7, 11) is -3.49. The molecule has 2 aromatic rings. The normalized spacial score (nSPS) is 11.1. The van der Waals surface area contributed by atoms with E-state index >= 15 is 0 Å². The zero-order valence-electron chi connectivity index (χ0n) is 12.2. The molecular formula is C14H15BrN4O3S. The fraction of sp³-hybridized carbons (Fsp3) is 0.143. The van der Waals surface area contributed by atoms with Gasteiger partial charge in [-0.15, -0.1) is 0 Å². The third-order valence-corrected chi connectivity index (χ3v) is 4.65. The summed E-state index contributed by atoms with van der Waals surface area (Å²) in [6, 6.07) is 10.1. The molecular weight excluding hydrogens is 384 g/mol. The Morgan fingerprint density at radius 3 is 2.61 bits per heavy atom. The van der Waals surface area contributed by atoms with Crippen molar-refractivity contribution in [2.45, 2.75) is 6.54 Å². The van der Waals surface area contributed by atoms with Gasteiger partial charge in [0.25, 0.3) is 5.91 Å². The van der Waals surface area contributed by atoms with Gasteiger partial charge < -0.3 is 0 Å². The first-order chi connectivity index (χ1) is 10.8.